The Morgan fingerprint density at radius 3 is 2.54 bits per heavy atom. The molecule has 1 saturated heterocycles. The largest absolute Gasteiger partial charge is 0.312 e. The maximum Gasteiger partial charge on any atom is 0.164 e. The van der Waals surface area contributed by atoms with Crippen LogP contribution in [0.2, 0.25) is 5.02 Å². The number of sulfone groups is 1. The molecular formula is C18H14ClF3N2O2S2. The van der Waals surface area contributed by atoms with Crippen molar-refractivity contribution in [2.24, 2.45) is 4.99 Å². The zero-order chi connectivity index (χ0) is 20.1. The third kappa shape index (κ3) is 3.75. The summed E-state index contributed by atoms with van der Waals surface area (Å²) in [6.07, 6.45) is 0. The van der Waals surface area contributed by atoms with Crippen LogP contribution in [0.25, 0.3) is 0 Å². The molecule has 2 aliphatic rings. The summed E-state index contributed by atoms with van der Waals surface area (Å²) < 4.78 is 65.0. The van der Waals surface area contributed by atoms with Gasteiger partial charge in [0.2, 0.25) is 0 Å². The van der Waals surface area contributed by atoms with E-state index in [2.05, 4.69) is 4.99 Å². The van der Waals surface area contributed by atoms with E-state index in [-0.39, 0.29) is 22.2 Å². The van der Waals surface area contributed by atoms with E-state index in [1.165, 1.54) is 34.9 Å². The predicted octanol–water partition coefficient (Wildman–Crippen LogP) is 4.03. The van der Waals surface area contributed by atoms with Crippen molar-refractivity contribution >= 4 is 44.1 Å². The smallest absolute Gasteiger partial charge is 0.164 e. The molecule has 0 aliphatic carbocycles. The Morgan fingerprint density at radius 2 is 1.82 bits per heavy atom. The first-order valence-electron chi connectivity index (χ1n) is 8.33. The zero-order valence-corrected chi connectivity index (χ0v) is 16.7. The summed E-state index contributed by atoms with van der Waals surface area (Å²) in [5.41, 5.74) is 0.738. The summed E-state index contributed by atoms with van der Waals surface area (Å²) in [5.74, 6) is -1.90. The highest BCUT2D eigenvalue weighted by atomic mass is 35.5. The van der Waals surface area contributed by atoms with Crippen LogP contribution in [0.3, 0.4) is 0 Å². The third-order valence-corrected chi connectivity index (χ3v) is 7.71. The fourth-order valence-corrected chi connectivity index (χ4v) is 6.65. The number of hydrogen-bond donors (Lipinski definition) is 0. The topological polar surface area (TPSA) is 49.7 Å². The standard InChI is InChI=1S/C18H14ClF3N2O2S2/c19-13-5-11(20)2-1-10(13)7-27-18-23-15-8-28(25,26)9-17(15)24(18)16-4-3-12(21)6-14(16)22/h1-6,15,17H,7-9H2/t15-,17+/m0/s1. The van der Waals surface area contributed by atoms with E-state index < -0.39 is 39.4 Å². The lowest BCUT2D eigenvalue weighted by Crippen LogP contribution is -2.39. The van der Waals surface area contributed by atoms with E-state index >= 15 is 0 Å². The van der Waals surface area contributed by atoms with Crippen molar-refractivity contribution in [3.05, 3.63) is 64.4 Å². The summed E-state index contributed by atoms with van der Waals surface area (Å²) in [7, 11) is -3.29. The number of nitrogens with zero attached hydrogens (tertiary/aromatic N) is 2. The molecule has 0 radical (unpaired) electrons. The van der Waals surface area contributed by atoms with Gasteiger partial charge in [-0.1, -0.05) is 29.4 Å². The molecule has 0 unspecified atom stereocenters. The number of anilines is 1. The summed E-state index contributed by atoms with van der Waals surface area (Å²) >= 11 is 7.30. The van der Waals surface area contributed by atoms with Gasteiger partial charge in [-0.25, -0.2) is 21.6 Å². The molecular weight excluding hydrogens is 433 g/mol. The van der Waals surface area contributed by atoms with Crippen LogP contribution < -0.4 is 4.90 Å². The Hall–Kier alpha value is -1.71. The van der Waals surface area contributed by atoms with Crippen LogP contribution in [0.5, 0.6) is 0 Å². The molecule has 0 amide bonds. The highest BCUT2D eigenvalue weighted by molar-refractivity contribution is 8.13. The number of rotatable bonds is 3. The van der Waals surface area contributed by atoms with Gasteiger partial charge in [-0.2, -0.15) is 0 Å². The third-order valence-electron chi connectivity index (χ3n) is 4.65. The average Bonchev–Trinajstić information content (AvgIpc) is 3.06. The average molecular weight is 447 g/mol. The van der Waals surface area contributed by atoms with Gasteiger partial charge >= 0.3 is 0 Å². The molecule has 2 aromatic carbocycles. The lowest BCUT2D eigenvalue weighted by atomic mass is 10.1. The van der Waals surface area contributed by atoms with Crippen molar-refractivity contribution in [1.82, 2.24) is 0 Å². The Balaban J connectivity index is 1.65. The molecule has 0 saturated carbocycles. The van der Waals surface area contributed by atoms with Crippen molar-refractivity contribution in [2.45, 2.75) is 17.8 Å². The first-order chi connectivity index (χ1) is 13.2. The highest BCUT2D eigenvalue weighted by Crippen LogP contribution is 2.37. The van der Waals surface area contributed by atoms with Crippen molar-refractivity contribution in [3.63, 3.8) is 0 Å². The van der Waals surface area contributed by atoms with Crippen LogP contribution in [0, 0.1) is 17.5 Å². The number of amidine groups is 1. The second kappa shape index (κ2) is 7.27. The van der Waals surface area contributed by atoms with Gasteiger partial charge in [0.25, 0.3) is 0 Å². The fourth-order valence-electron chi connectivity index (χ4n) is 3.37. The molecule has 4 rings (SSSR count). The maximum absolute atomic E-state index is 14.4. The molecule has 28 heavy (non-hydrogen) atoms. The summed E-state index contributed by atoms with van der Waals surface area (Å²) in [5, 5.41) is 0.684. The van der Waals surface area contributed by atoms with Gasteiger partial charge in [0, 0.05) is 16.8 Å². The minimum Gasteiger partial charge on any atom is -0.312 e. The molecule has 0 N–H and O–H groups in total. The van der Waals surface area contributed by atoms with Gasteiger partial charge in [-0.3, -0.25) is 4.99 Å². The van der Waals surface area contributed by atoms with Gasteiger partial charge in [0.15, 0.2) is 15.0 Å². The lowest BCUT2D eigenvalue weighted by Gasteiger charge is -2.27. The van der Waals surface area contributed by atoms with Crippen molar-refractivity contribution in [3.8, 4) is 0 Å². The first kappa shape index (κ1) is 19.6. The van der Waals surface area contributed by atoms with E-state index in [9.17, 15) is 21.6 Å². The molecule has 1 fully saturated rings. The van der Waals surface area contributed by atoms with Crippen molar-refractivity contribution < 1.29 is 21.6 Å². The summed E-state index contributed by atoms with van der Waals surface area (Å²) in [6.45, 7) is 0. The summed E-state index contributed by atoms with van der Waals surface area (Å²) in [4.78, 5) is 6.00. The molecule has 2 aromatic rings. The van der Waals surface area contributed by atoms with Gasteiger partial charge in [-0.05, 0) is 29.8 Å². The maximum atomic E-state index is 14.4. The lowest BCUT2D eigenvalue weighted by molar-refractivity contribution is 0.577. The minimum atomic E-state index is -3.29. The summed E-state index contributed by atoms with van der Waals surface area (Å²) in [6, 6.07) is 6.13. The quantitative estimate of drug-likeness (QED) is 0.714. The Bertz CT molecular complexity index is 1080. The molecule has 10 heteroatoms. The van der Waals surface area contributed by atoms with Crippen LogP contribution in [0.15, 0.2) is 41.4 Å². The van der Waals surface area contributed by atoms with Crippen LogP contribution in [-0.4, -0.2) is 37.2 Å². The second-order valence-electron chi connectivity index (χ2n) is 6.61. The number of hydrogen-bond acceptors (Lipinski definition) is 5. The monoisotopic (exact) mass is 446 g/mol. The number of benzene rings is 2. The first-order valence-corrected chi connectivity index (χ1v) is 11.5. The van der Waals surface area contributed by atoms with E-state index in [0.717, 1.165) is 12.1 Å². The van der Waals surface area contributed by atoms with Crippen LogP contribution in [-0.2, 0) is 15.6 Å². The van der Waals surface area contributed by atoms with Crippen LogP contribution in [0.4, 0.5) is 18.9 Å². The molecule has 2 atom stereocenters. The Morgan fingerprint density at radius 1 is 1.11 bits per heavy atom. The number of halogens is 4. The minimum absolute atomic E-state index is 0.0717. The zero-order valence-electron chi connectivity index (χ0n) is 14.3. The molecule has 148 valence electrons. The molecule has 2 aliphatic heterocycles. The van der Waals surface area contributed by atoms with Gasteiger partial charge in [-0.15, -0.1) is 0 Å². The van der Waals surface area contributed by atoms with E-state index in [1.807, 2.05) is 0 Å². The predicted molar refractivity (Wildman–Crippen MR) is 105 cm³/mol. The van der Waals surface area contributed by atoms with Crippen LogP contribution in [0.1, 0.15) is 5.56 Å². The number of fused-ring (bicyclic) bond motifs is 1. The van der Waals surface area contributed by atoms with Gasteiger partial charge in [0.1, 0.15) is 17.5 Å². The van der Waals surface area contributed by atoms with E-state index in [4.69, 9.17) is 11.6 Å². The van der Waals surface area contributed by atoms with Crippen molar-refractivity contribution in [1.29, 1.82) is 0 Å². The van der Waals surface area contributed by atoms with E-state index in [0.29, 0.717) is 16.5 Å². The SMILES string of the molecule is O=S1(=O)C[C@@H]2N=C(SCc3ccc(F)cc3Cl)N(c3ccc(F)cc3F)[C@@H]2C1. The normalized spacial score (nSPS) is 23.0. The fraction of sp³-hybridized carbons (Fsp3) is 0.278. The highest BCUT2D eigenvalue weighted by Gasteiger charge is 2.47. The number of aliphatic imine (C=N–C) groups is 1. The molecule has 0 bridgehead atoms. The second-order valence-corrected chi connectivity index (χ2v) is 10.1. The Labute approximate surface area is 169 Å². The van der Waals surface area contributed by atoms with Crippen molar-refractivity contribution in [2.75, 3.05) is 16.4 Å². The number of thioether (sulfide) groups is 1. The van der Waals surface area contributed by atoms with Gasteiger partial charge < -0.3 is 4.90 Å². The molecule has 0 aromatic heterocycles. The molecule has 2 heterocycles. The van der Waals surface area contributed by atoms with Crippen LogP contribution >= 0.6 is 23.4 Å². The molecule has 4 nitrogen and oxygen atoms in total. The van der Waals surface area contributed by atoms with E-state index in [1.54, 1.807) is 6.07 Å². The van der Waals surface area contributed by atoms with Gasteiger partial charge in [0.05, 0.1) is 29.3 Å². The Kier molecular flexibility index (Phi) is 5.09. The molecule has 0 spiro atoms.